The number of rotatable bonds is 5. The van der Waals surface area contributed by atoms with E-state index in [1.54, 1.807) is 18.2 Å². The van der Waals surface area contributed by atoms with Crippen molar-refractivity contribution < 1.29 is 13.2 Å². The lowest BCUT2D eigenvalue weighted by Crippen LogP contribution is -2.22. The normalized spacial score (nSPS) is 12.0. The fraction of sp³-hybridized carbons (Fsp3) is 0.167. The van der Waals surface area contributed by atoms with Gasteiger partial charge in [0.25, 0.3) is 0 Å². The Balaban J connectivity index is 2.25. The van der Waals surface area contributed by atoms with Gasteiger partial charge in [0.1, 0.15) is 0 Å². The van der Waals surface area contributed by atoms with Gasteiger partial charge in [-0.15, -0.1) is 0 Å². The Hall–Kier alpha value is -2.24. The summed E-state index contributed by atoms with van der Waals surface area (Å²) in [5.41, 5.74) is 2.41. The average molecular weight is 329 g/mol. The van der Waals surface area contributed by atoms with Crippen LogP contribution in [0.1, 0.15) is 21.5 Å². The smallest absolute Gasteiger partial charge is 0.242 e. The Labute approximate surface area is 137 Å². The molecule has 0 aliphatic rings. The third kappa shape index (κ3) is 4.15. The molecule has 2 aromatic rings. The second-order valence-corrected chi connectivity index (χ2v) is 7.58. The Morgan fingerprint density at radius 3 is 2.30 bits per heavy atom. The van der Waals surface area contributed by atoms with Crippen LogP contribution in [0.15, 0.2) is 59.5 Å². The number of carbonyl (C=O) groups excluding carboxylic acids is 1. The summed E-state index contributed by atoms with van der Waals surface area (Å²) in [5.74, 6) is -0.235. The van der Waals surface area contributed by atoms with E-state index in [1.165, 1.54) is 32.3 Å². The van der Waals surface area contributed by atoms with Gasteiger partial charge in [-0.3, -0.25) is 4.79 Å². The zero-order chi connectivity index (χ0) is 17.0. The van der Waals surface area contributed by atoms with Gasteiger partial charge in [-0.25, -0.2) is 12.7 Å². The summed E-state index contributed by atoms with van der Waals surface area (Å²) in [6.45, 7) is 2.00. The van der Waals surface area contributed by atoms with E-state index in [4.69, 9.17) is 0 Å². The van der Waals surface area contributed by atoms with Crippen LogP contribution in [0.4, 0.5) is 0 Å². The predicted molar refractivity (Wildman–Crippen MR) is 91.9 cm³/mol. The number of sulfonamides is 1. The van der Waals surface area contributed by atoms with Gasteiger partial charge in [-0.1, -0.05) is 48.0 Å². The first-order valence-corrected chi connectivity index (χ1v) is 8.56. The van der Waals surface area contributed by atoms with Gasteiger partial charge < -0.3 is 0 Å². The molecule has 2 aromatic carbocycles. The van der Waals surface area contributed by atoms with Crippen molar-refractivity contribution in [2.24, 2.45) is 0 Å². The molecular formula is C18H19NO3S. The number of allylic oxidation sites excluding steroid dienone is 1. The van der Waals surface area contributed by atoms with Crippen LogP contribution in [0.25, 0.3) is 6.08 Å². The molecule has 120 valence electrons. The van der Waals surface area contributed by atoms with Gasteiger partial charge in [-0.2, -0.15) is 0 Å². The first-order valence-electron chi connectivity index (χ1n) is 7.12. The number of carbonyl (C=O) groups is 1. The molecule has 0 amide bonds. The first-order chi connectivity index (χ1) is 10.8. The van der Waals surface area contributed by atoms with Crippen LogP contribution in [0.5, 0.6) is 0 Å². The minimum Gasteiger partial charge on any atom is -0.289 e. The largest absolute Gasteiger partial charge is 0.289 e. The lowest BCUT2D eigenvalue weighted by molar-refractivity contribution is 0.104. The van der Waals surface area contributed by atoms with Gasteiger partial charge >= 0.3 is 0 Å². The van der Waals surface area contributed by atoms with Crippen molar-refractivity contribution in [3.05, 3.63) is 71.3 Å². The molecular weight excluding hydrogens is 310 g/mol. The lowest BCUT2D eigenvalue weighted by atomic mass is 10.1. The van der Waals surface area contributed by atoms with E-state index in [2.05, 4.69) is 0 Å². The quantitative estimate of drug-likeness (QED) is 0.625. The Kier molecular flexibility index (Phi) is 5.13. The van der Waals surface area contributed by atoms with E-state index in [0.717, 1.165) is 15.4 Å². The van der Waals surface area contributed by atoms with Crippen LogP contribution in [-0.4, -0.2) is 32.6 Å². The van der Waals surface area contributed by atoms with E-state index in [1.807, 2.05) is 31.2 Å². The molecule has 0 saturated carbocycles. The maximum atomic E-state index is 12.2. The van der Waals surface area contributed by atoms with Gasteiger partial charge in [0.05, 0.1) is 4.90 Å². The second kappa shape index (κ2) is 6.89. The van der Waals surface area contributed by atoms with Gasteiger partial charge in [0.2, 0.25) is 10.0 Å². The molecule has 0 aromatic heterocycles. The number of aryl methyl sites for hydroxylation is 1. The third-order valence-electron chi connectivity index (χ3n) is 3.40. The number of benzene rings is 2. The second-order valence-electron chi connectivity index (χ2n) is 5.42. The fourth-order valence-corrected chi connectivity index (χ4v) is 2.91. The molecule has 0 N–H and O–H groups in total. The number of hydrogen-bond donors (Lipinski definition) is 0. The summed E-state index contributed by atoms with van der Waals surface area (Å²) in [4.78, 5) is 12.3. The summed E-state index contributed by atoms with van der Waals surface area (Å²) >= 11 is 0. The van der Waals surface area contributed by atoms with Crippen LogP contribution in [0.3, 0.4) is 0 Å². The summed E-state index contributed by atoms with van der Waals surface area (Å²) < 4.78 is 25.4. The molecule has 0 saturated heterocycles. The highest BCUT2D eigenvalue weighted by atomic mass is 32.2. The van der Waals surface area contributed by atoms with E-state index in [-0.39, 0.29) is 10.7 Å². The molecule has 5 heteroatoms. The molecule has 0 heterocycles. The third-order valence-corrected chi connectivity index (χ3v) is 5.21. The summed E-state index contributed by atoms with van der Waals surface area (Å²) in [7, 11) is -0.629. The van der Waals surface area contributed by atoms with E-state index >= 15 is 0 Å². The maximum Gasteiger partial charge on any atom is 0.242 e. The van der Waals surface area contributed by atoms with Crippen molar-refractivity contribution >= 4 is 21.9 Å². The van der Waals surface area contributed by atoms with Gasteiger partial charge in [0, 0.05) is 19.7 Å². The minimum absolute atomic E-state index is 0.108. The first kappa shape index (κ1) is 17.1. The molecule has 23 heavy (non-hydrogen) atoms. The van der Waals surface area contributed by atoms with E-state index in [0.29, 0.717) is 5.56 Å². The van der Waals surface area contributed by atoms with E-state index < -0.39 is 10.0 Å². The molecule has 2 rings (SSSR count). The average Bonchev–Trinajstić information content (AvgIpc) is 2.54. The van der Waals surface area contributed by atoms with Crippen molar-refractivity contribution in [2.75, 3.05) is 14.1 Å². The van der Waals surface area contributed by atoms with Crippen molar-refractivity contribution in [1.29, 1.82) is 0 Å². The zero-order valence-corrected chi connectivity index (χ0v) is 14.2. The highest BCUT2D eigenvalue weighted by Crippen LogP contribution is 2.16. The van der Waals surface area contributed by atoms with Crippen molar-refractivity contribution in [2.45, 2.75) is 11.8 Å². The zero-order valence-electron chi connectivity index (χ0n) is 13.4. The molecule has 0 atom stereocenters. The van der Waals surface area contributed by atoms with Gasteiger partial charge in [0.15, 0.2) is 5.78 Å². The number of hydrogen-bond acceptors (Lipinski definition) is 3. The lowest BCUT2D eigenvalue weighted by Gasteiger charge is -2.11. The predicted octanol–water partition coefficient (Wildman–Crippen LogP) is 3.14. The summed E-state index contributed by atoms with van der Waals surface area (Å²) in [6, 6.07) is 13.8. The van der Waals surface area contributed by atoms with E-state index in [9.17, 15) is 13.2 Å². The Morgan fingerprint density at radius 1 is 1.04 bits per heavy atom. The number of ketones is 1. The molecule has 0 spiro atoms. The molecule has 0 aliphatic carbocycles. The summed E-state index contributed by atoms with van der Waals surface area (Å²) in [6.07, 6.45) is 3.17. The maximum absolute atomic E-state index is 12.2. The van der Waals surface area contributed by atoms with Crippen LogP contribution < -0.4 is 0 Å². The van der Waals surface area contributed by atoms with Crippen LogP contribution >= 0.6 is 0 Å². The van der Waals surface area contributed by atoms with Crippen LogP contribution in [-0.2, 0) is 10.0 Å². The van der Waals surface area contributed by atoms with Crippen molar-refractivity contribution in [3.63, 3.8) is 0 Å². The van der Waals surface area contributed by atoms with Crippen LogP contribution in [0.2, 0.25) is 0 Å². The fourth-order valence-electron chi connectivity index (χ4n) is 1.97. The molecule has 0 bridgehead atoms. The highest BCUT2D eigenvalue weighted by Gasteiger charge is 2.18. The molecule has 0 radical (unpaired) electrons. The Morgan fingerprint density at radius 2 is 1.70 bits per heavy atom. The molecule has 0 aliphatic heterocycles. The van der Waals surface area contributed by atoms with Crippen molar-refractivity contribution in [3.8, 4) is 0 Å². The number of nitrogens with zero attached hydrogens (tertiary/aromatic N) is 1. The highest BCUT2D eigenvalue weighted by molar-refractivity contribution is 7.89. The van der Waals surface area contributed by atoms with Crippen molar-refractivity contribution in [1.82, 2.24) is 4.31 Å². The topological polar surface area (TPSA) is 54.5 Å². The monoisotopic (exact) mass is 329 g/mol. The molecule has 0 fully saturated rings. The standard InChI is InChI=1S/C18H19NO3S/c1-14-7-9-15(10-8-14)11-12-18(20)16-5-4-6-17(13-16)23(21,22)19(2)3/h4-13H,1-3H3/b12-11+. The summed E-state index contributed by atoms with van der Waals surface area (Å²) in [5, 5.41) is 0. The SMILES string of the molecule is Cc1ccc(/C=C/C(=O)c2cccc(S(=O)(=O)N(C)C)c2)cc1. The molecule has 0 unspecified atom stereocenters. The minimum atomic E-state index is -3.55. The van der Waals surface area contributed by atoms with Crippen LogP contribution in [0, 0.1) is 6.92 Å². The Bertz CT molecular complexity index is 835. The molecule has 4 nitrogen and oxygen atoms in total. The van der Waals surface area contributed by atoms with Gasteiger partial charge in [-0.05, 0) is 30.7 Å².